The lowest BCUT2D eigenvalue weighted by molar-refractivity contribution is -0.137. The van der Waals surface area contributed by atoms with Gasteiger partial charge in [0.15, 0.2) is 0 Å². The molecular formula is C25H15Cl3F3N3O3. The van der Waals surface area contributed by atoms with Crippen molar-refractivity contribution in [1.29, 1.82) is 0 Å². The highest BCUT2D eigenvalue weighted by atomic mass is 35.5. The van der Waals surface area contributed by atoms with Gasteiger partial charge in [0.05, 0.1) is 16.3 Å². The molecular weight excluding hydrogens is 554 g/mol. The van der Waals surface area contributed by atoms with Gasteiger partial charge < -0.3 is 10.6 Å². The Hall–Kier alpha value is -3.53. The van der Waals surface area contributed by atoms with E-state index in [0.717, 1.165) is 17.0 Å². The van der Waals surface area contributed by atoms with Gasteiger partial charge in [0, 0.05) is 22.0 Å². The van der Waals surface area contributed by atoms with Gasteiger partial charge in [-0.15, -0.1) is 0 Å². The van der Waals surface area contributed by atoms with Crippen LogP contribution in [0.25, 0.3) is 0 Å². The lowest BCUT2D eigenvalue weighted by Crippen LogP contribution is -2.32. The van der Waals surface area contributed by atoms with Crippen LogP contribution in [0, 0.1) is 6.92 Å². The van der Waals surface area contributed by atoms with Crippen molar-refractivity contribution in [3.8, 4) is 0 Å². The number of rotatable bonds is 5. The van der Waals surface area contributed by atoms with Gasteiger partial charge in [-0.1, -0.05) is 40.9 Å². The van der Waals surface area contributed by atoms with Gasteiger partial charge in [-0.3, -0.25) is 14.4 Å². The van der Waals surface area contributed by atoms with Crippen LogP contribution in [0.1, 0.15) is 21.5 Å². The van der Waals surface area contributed by atoms with Crippen molar-refractivity contribution in [1.82, 2.24) is 0 Å². The SMILES string of the molecule is Cc1ccc(C(=O)Nc2ccc(Cl)c(C(F)(F)F)c2)cc1NC1=C(Cl)C(=O)N(c2ccc(Cl)cc2)C1=O. The third kappa shape index (κ3) is 5.44. The lowest BCUT2D eigenvalue weighted by atomic mass is 10.1. The molecule has 0 atom stereocenters. The van der Waals surface area contributed by atoms with Gasteiger partial charge in [0.25, 0.3) is 17.7 Å². The van der Waals surface area contributed by atoms with Gasteiger partial charge in [0.1, 0.15) is 10.7 Å². The minimum Gasteiger partial charge on any atom is -0.349 e. The van der Waals surface area contributed by atoms with Crippen molar-refractivity contribution in [2.24, 2.45) is 0 Å². The molecule has 3 aromatic rings. The molecule has 12 heteroatoms. The number of halogens is 6. The van der Waals surface area contributed by atoms with E-state index in [1.165, 1.54) is 42.5 Å². The van der Waals surface area contributed by atoms with Crippen LogP contribution in [0.5, 0.6) is 0 Å². The van der Waals surface area contributed by atoms with E-state index in [2.05, 4.69) is 10.6 Å². The van der Waals surface area contributed by atoms with Crippen LogP contribution in [0.15, 0.2) is 71.4 Å². The van der Waals surface area contributed by atoms with Crippen molar-refractivity contribution in [2.75, 3.05) is 15.5 Å². The number of hydrogen-bond acceptors (Lipinski definition) is 4. The highest BCUT2D eigenvalue weighted by Crippen LogP contribution is 2.36. The molecule has 190 valence electrons. The number of nitrogens with zero attached hydrogens (tertiary/aromatic N) is 1. The van der Waals surface area contributed by atoms with Gasteiger partial charge in [-0.2, -0.15) is 13.2 Å². The van der Waals surface area contributed by atoms with E-state index in [9.17, 15) is 27.6 Å². The van der Waals surface area contributed by atoms with Gasteiger partial charge in [0.2, 0.25) is 0 Å². The van der Waals surface area contributed by atoms with Crippen molar-refractivity contribution in [2.45, 2.75) is 13.1 Å². The zero-order chi connectivity index (χ0) is 27.1. The summed E-state index contributed by atoms with van der Waals surface area (Å²) in [6, 6.07) is 13.4. The number of aryl methyl sites for hydroxylation is 1. The number of benzene rings is 3. The topological polar surface area (TPSA) is 78.5 Å². The Kier molecular flexibility index (Phi) is 7.23. The largest absolute Gasteiger partial charge is 0.417 e. The summed E-state index contributed by atoms with van der Waals surface area (Å²) in [7, 11) is 0. The molecule has 6 nitrogen and oxygen atoms in total. The van der Waals surface area contributed by atoms with E-state index in [-0.39, 0.29) is 33.4 Å². The van der Waals surface area contributed by atoms with Crippen molar-refractivity contribution in [3.63, 3.8) is 0 Å². The Bertz CT molecular complexity index is 1470. The van der Waals surface area contributed by atoms with Crippen LogP contribution in [-0.4, -0.2) is 17.7 Å². The van der Waals surface area contributed by atoms with Crippen molar-refractivity contribution < 1.29 is 27.6 Å². The summed E-state index contributed by atoms with van der Waals surface area (Å²) in [4.78, 5) is 39.3. The van der Waals surface area contributed by atoms with Crippen LogP contribution >= 0.6 is 34.8 Å². The second-order valence-electron chi connectivity index (χ2n) is 7.91. The fourth-order valence-electron chi connectivity index (χ4n) is 3.49. The molecule has 0 saturated heterocycles. The maximum absolute atomic E-state index is 13.1. The molecule has 0 aromatic heterocycles. The molecule has 0 radical (unpaired) electrons. The highest BCUT2D eigenvalue weighted by Gasteiger charge is 2.39. The van der Waals surface area contributed by atoms with E-state index in [0.29, 0.717) is 10.6 Å². The lowest BCUT2D eigenvalue weighted by Gasteiger charge is -2.16. The second-order valence-corrected chi connectivity index (χ2v) is 9.13. The second kappa shape index (κ2) is 10.1. The quantitative estimate of drug-likeness (QED) is 0.325. The fraction of sp³-hybridized carbons (Fsp3) is 0.0800. The van der Waals surface area contributed by atoms with Crippen LogP contribution < -0.4 is 15.5 Å². The Labute approximate surface area is 223 Å². The van der Waals surface area contributed by atoms with Crippen LogP contribution in [-0.2, 0) is 15.8 Å². The van der Waals surface area contributed by atoms with Gasteiger partial charge >= 0.3 is 6.18 Å². The first-order valence-electron chi connectivity index (χ1n) is 10.5. The summed E-state index contributed by atoms with van der Waals surface area (Å²) < 4.78 is 39.4. The van der Waals surface area contributed by atoms with Gasteiger partial charge in [-0.25, -0.2) is 4.90 Å². The molecule has 1 aliphatic rings. The zero-order valence-electron chi connectivity index (χ0n) is 18.7. The van der Waals surface area contributed by atoms with Gasteiger partial charge in [-0.05, 0) is 67.1 Å². The number of anilines is 3. The molecule has 2 N–H and O–H groups in total. The summed E-state index contributed by atoms with van der Waals surface area (Å²) in [5.74, 6) is -2.17. The van der Waals surface area contributed by atoms with E-state index < -0.39 is 34.5 Å². The third-order valence-electron chi connectivity index (χ3n) is 5.40. The summed E-state index contributed by atoms with van der Waals surface area (Å²) >= 11 is 17.7. The predicted octanol–water partition coefficient (Wildman–Crippen LogP) is 7.01. The molecule has 0 saturated carbocycles. The molecule has 4 rings (SSSR count). The number of imide groups is 1. The Morgan fingerprint density at radius 3 is 2.22 bits per heavy atom. The first-order chi connectivity index (χ1) is 17.4. The maximum atomic E-state index is 13.1. The first kappa shape index (κ1) is 26.5. The van der Waals surface area contributed by atoms with Crippen LogP contribution in [0.4, 0.5) is 30.2 Å². The predicted molar refractivity (Wildman–Crippen MR) is 136 cm³/mol. The van der Waals surface area contributed by atoms with E-state index in [1.807, 2.05) is 0 Å². The summed E-state index contributed by atoms with van der Waals surface area (Å²) in [5, 5.41) is 4.77. The molecule has 0 bridgehead atoms. The number of hydrogen-bond donors (Lipinski definition) is 2. The minimum absolute atomic E-state index is 0.0691. The van der Waals surface area contributed by atoms with E-state index in [1.54, 1.807) is 13.0 Å². The molecule has 1 aliphatic heterocycles. The Morgan fingerprint density at radius 2 is 1.57 bits per heavy atom. The average Bonchev–Trinajstić information content (AvgIpc) is 3.04. The number of nitrogens with one attached hydrogen (secondary N) is 2. The molecule has 0 unspecified atom stereocenters. The van der Waals surface area contributed by atoms with E-state index >= 15 is 0 Å². The molecule has 0 spiro atoms. The molecule has 3 amide bonds. The first-order valence-corrected chi connectivity index (χ1v) is 11.6. The zero-order valence-corrected chi connectivity index (χ0v) is 21.0. The normalized spacial score (nSPS) is 13.9. The average molecular weight is 569 g/mol. The van der Waals surface area contributed by atoms with E-state index in [4.69, 9.17) is 34.8 Å². The monoisotopic (exact) mass is 567 g/mol. The fourth-order valence-corrected chi connectivity index (χ4v) is 4.06. The number of carbonyl (C=O) groups is 3. The third-order valence-corrected chi connectivity index (χ3v) is 6.33. The number of carbonyl (C=O) groups excluding carboxylic acids is 3. The maximum Gasteiger partial charge on any atom is 0.417 e. The standard InChI is InChI=1S/C25H15Cl3F3N3O3/c1-12-2-3-13(22(35)32-15-6-9-18(27)17(11-15)25(29,30)31)10-19(12)33-21-20(28)23(36)34(24(21)37)16-7-4-14(26)5-8-16/h2-11,33H,1H3,(H,32,35). The molecule has 1 heterocycles. The molecule has 0 fully saturated rings. The smallest absolute Gasteiger partial charge is 0.349 e. The highest BCUT2D eigenvalue weighted by molar-refractivity contribution is 6.53. The Morgan fingerprint density at radius 1 is 0.892 bits per heavy atom. The van der Waals surface area contributed by atoms with Crippen molar-refractivity contribution in [3.05, 3.63) is 98.1 Å². The summed E-state index contributed by atoms with van der Waals surface area (Å²) in [5.41, 5.74) is -0.182. The summed E-state index contributed by atoms with van der Waals surface area (Å²) in [6.45, 7) is 1.69. The molecule has 0 aliphatic carbocycles. The number of alkyl halides is 3. The summed E-state index contributed by atoms with van der Waals surface area (Å²) in [6.07, 6.45) is -4.70. The van der Waals surface area contributed by atoms with Crippen LogP contribution in [0.3, 0.4) is 0 Å². The van der Waals surface area contributed by atoms with Crippen LogP contribution in [0.2, 0.25) is 10.0 Å². The Balaban J connectivity index is 1.57. The minimum atomic E-state index is -4.70. The van der Waals surface area contributed by atoms with Crippen molar-refractivity contribution >= 4 is 69.6 Å². The molecule has 37 heavy (non-hydrogen) atoms. The molecule has 3 aromatic carbocycles. The number of amides is 3.